The molecule has 23 heavy (non-hydrogen) atoms. The molecule has 0 radical (unpaired) electrons. The maximum Gasteiger partial charge on any atom is 0.271 e. The summed E-state index contributed by atoms with van der Waals surface area (Å²) in [7, 11) is 1.44. The van der Waals surface area contributed by atoms with Crippen LogP contribution in [0.3, 0.4) is 0 Å². The van der Waals surface area contributed by atoms with Crippen molar-refractivity contribution in [3.63, 3.8) is 0 Å². The fraction of sp³-hybridized carbons (Fsp3) is 0.133. The fourth-order valence-corrected chi connectivity index (χ4v) is 1.79. The molecule has 0 aromatic heterocycles. The van der Waals surface area contributed by atoms with Gasteiger partial charge in [-0.25, -0.2) is 13.2 Å². The zero-order chi connectivity index (χ0) is 17.0. The molecule has 1 amide bonds. The van der Waals surface area contributed by atoms with Gasteiger partial charge in [0.1, 0.15) is 5.75 Å². The minimum atomic E-state index is -1.61. The van der Waals surface area contributed by atoms with Gasteiger partial charge in [0.15, 0.2) is 23.6 Å². The van der Waals surface area contributed by atoms with E-state index in [1.807, 2.05) is 0 Å². The molecule has 122 valence electrons. The highest BCUT2D eigenvalue weighted by Crippen LogP contribution is 2.20. The monoisotopic (exact) mass is 326 g/mol. The molecule has 0 saturated carbocycles. The lowest BCUT2D eigenvalue weighted by atomic mass is 10.1. The number of rotatable bonds is 5. The number of carbonyl (C=O) groups is 1. The van der Waals surface area contributed by atoms with Gasteiger partial charge in [0.2, 0.25) is 0 Å². The first-order valence-electron chi connectivity index (χ1n) is 6.45. The normalized spacial score (nSPS) is 11.7. The van der Waals surface area contributed by atoms with Crippen LogP contribution in [0, 0.1) is 17.5 Å². The smallest absolute Gasteiger partial charge is 0.271 e. The van der Waals surface area contributed by atoms with E-state index in [0.717, 1.165) is 0 Å². The van der Waals surface area contributed by atoms with Crippen molar-refractivity contribution < 1.29 is 27.8 Å². The Kier molecular flexibility index (Phi) is 5.07. The largest absolute Gasteiger partial charge is 0.497 e. The highest BCUT2D eigenvalue weighted by Gasteiger charge is 2.18. The van der Waals surface area contributed by atoms with E-state index in [1.54, 1.807) is 12.1 Å². The molecule has 0 saturated heterocycles. The second kappa shape index (κ2) is 7.01. The van der Waals surface area contributed by atoms with Crippen LogP contribution in [-0.4, -0.2) is 18.1 Å². The van der Waals surface area contributed by atoms with Crippen molar-refractivity contribution in [1.82, 2.24) is 5.43 Å². The highest BCUT2D eigenvalue weighted by atomic mass is 19.2. The average Bonchev–Trinajstić information content (AvgIpc) is 2.56. The lowest BCUT2D eigenvalue weighted by Crippen LogP contribution is -2.34. The van der Waals surface area contributed by atoms with Crippen LogP contribution in [0.15, 0.2) is 36.4 Å². The van der Waals surface area contributed by atoms with Crippen LogP contribution < -0.4 is 15.6 Å². The SMILES string of the molecule is COc1cccc(C(O)C(=O)NNc2cc(F)c(F)c(F)c2)c1. The molecular weight excluding hydrogens is 313 g/mol. The molecule has 0 aliphatic rings. The molecule has 8 heteroatoms. The number of methoxy groups -OCH3 is 1. The van der Waals surface area contributed by atoms with E-state index in [4.69, 9.17) is 4.74 Å². The maximum absolute atomic E-state index is 13.0. The molecule has 0 aliphatic carbocycles. The first-order chi connectivity index (χ1) is 10.9. The summed E-state index contributed by atoms with van der Waals surface area (Å²) in [5, 5.41) is 9.92. The van der Waals surface area contributed by atoms with Gasteiger partial charge < -0.3 is 9.84 Å². The van der Waals surface area contributed by atoms with Crippen LogP contribution >= 0.6 is 0 Å². The Labute approximate surface area is 129 Å². The number of benzene rings is 2. The predicted octanol–water partition coefficient (Wildman–Crippen LogP) is 2.29. The maximum atomic E-state index is 13.0. The molecule has 0 heterocycles. The van der Waals surface area contributed by atoms with E-state index in [-0.39, 0.29) is 11.3 Å². The predicted molar refractivity (Wildman–Crippen MR) is 76.0 cm³/mol. The molecule has 3 N–H and O–H groups in total. The van der Waals surface area contributed by atoms with Crippen molar-refractivity contribution in [1.29, 1.82) is 0 Å². The number of ether oxygens (including phenoxy) is 1. The summed E-state index contributed by atoms with van der Waals surface area (Å²) in [6.45, 7) is 0. The zero-order valence-electron chi connectivity index (χ0n) is 11.9. The molecule has 5 nitrogen and oxygen atoms in total. The number of hydrazine groups is 1. The minimum Gasteiger partial charge on any atom is -0.497 e. The number of amides is 1. The van der Waals surface area contributed by atoms with Crippen molar-refractivity contribution in [2.75, 3.05) is 12.5 Å². The first kappa shape index (κ1) is 16.6. The highest BCUT2D eigenvalue weighted by molar-refractivity contribution is 5.83. The summed E-state index contributed by atoms with van der Waals surface area (Å²) in [6.07, 6.45) is -1.53. The summed E-state index contributed by atoms with van der Waals surface area (Å²) >= 11 is 0. The van der Waals surface area contributed by atoms with E-state index in [1.165, 1.54) is 19.2 Å². The van der Waals surface area contributed by atoms with Crippen LogP contribution in [0.1, 0.15) is 11.7 Å². The van der Waals surface area contributed by atoms with Crippen LogP contribution in [0.5, 0.6) is 5.75 Å². The zero-order valence-corrected chi connectivity index (χ0v) is 11.9. The Bertz CT molecular complexity index is 702. The van der Waals surface area contributed by atoms with Crippen LogP contribution in [0.4, 0.5) is 18.9 Å². The fourth-order valence-electron chi connectivity index (χ4n) is 1.79. The lowest BCUT2D eigenvalue weighted by molar-refractivity contribution is -0.129. The Balaban J connectivity index is 2.04. The van der Waals surface area contributed by atoms with Gasteiger partial charge in [0.05, 0.1) is 12.8 Å². The molecule has 2 aromatic carbocycles. The number of hydrogen-bond acceptors (Lipinski definition) is 4. The number of anilines is 1. The Morgan fingerprint density at radius 3 is 2.43 bits per heavy atom. The topological polar surface area (TPSA) is 70.6 Å². The van der Waals surface area contributed by atoms with Gasteiger partial charge in [-0.2, -0.15) is 0 Å². The molecule has 0 bridgehead atoms. The van der Waals surface area contributed by atoms with Gasteiger partial charge in [0.25, 0.3) is 5.91 Å². The van der Waals surface area contributed by atoms with Crippen LogP contribution in [0.25, 0.3) is 0 Å². The van der Waals surface area contributed by atoms with E-state index < -0.39 is 29.5 Å². The van der Waals surface area contributed by atoms with Crippen LogP contribution in [-0.2, 0) is 4.79 Å². The van der Waals surface area contributed by atoms with E-state index in [2.05, 4.69) is 10.9 Å². The third-order valence-corrected chi connectivity index (χ3v) is 2.97. The Morgan fingerprint density at radius 1 is 1.17 bits per heavy atom. The summed E-state index contributed by atoms with van der Waals surface area (Å²) in [6, 6.07) is 7.51. The quantitative estimate of drug-likeness (QED) is 0.582. The molecule has 1 unspecified atom stereocenters. The van der Waals surface area contributed by atoms with Gasteiger partial charge in [-0.1, -0.05) is 12.1 Å². The number of aliphatic hydroxyl groups is 1. The molecule has 2 rings (SSSR count). The molecule has 0 fully saturated rings. The average molecular weight is 326 g/mol. The second-order valence-electron chi connectivity index (χ2n) is 4.55. The molecule has 0 aliphatic heterocycles. The number of halogens is 3. The minimum absolute atomic E-state index is 0.215. The standard InChI is InChI=1S/C15H13F3N2O3/c1-23-10-4-2-3-8(5-10)14(21)15(22)20-19-9-6-11(16)13(18)12(17)7-9/h2-7,14,19,21H,1H3,(H,20,22). The van der Waals surface area contributed by atoms with E-state index in [9.17, 15) is 23.1 Å². The van der Waals surface area contributed by atoms with Crippen molar-refractivity contribution >= 4 is 11.6 Å². The number of carbonyl (C=O) groups excluding carboxylic acids is 1. The van der Waals surface area contributed by atoms with E-state index in [0.29, 0.717) is 17.9 Å². The molecule has 1 atom stereocenters. The van der Waals surface area contributed by atoms with Crippen molar-refractivity contribution in [2.45, 2.75) is 6.10 Å². The molecular formula is C15H13F3N2O3. The second-order valence-corrected chi connectivity index (χ2v) is 4.55. The first-order valence-corrected chi connectivity index (χ1v) is 6.45. The van der Waals surface area contributed by atoms with Crippen molar-refractivity contribution in [3.8, 4) is 5.75 Å². The van der Waals surface area contributed by atoms with Crippen molar-refractivity contribution in [2.24, 2.45) is 0 Å². The molecule has 2 aromatic rings. The summed E-state index contributed by atoms with van der Waals surface area (Å²) in [5.41, 5.74) is 4.32. The lowest BCUT2D eigenvalue weighted by Gasteiger charge is -2.14. The third-order valence-electron chi connectivity index (χ3n) is 2.97. The summed E-state index contributed by atoms with van der Waals surface area (Å²) in [5.74, 6) is -4.85. The molecule has 0 spiro atoms. The Morgan fingerprint density at radius 2 is 1.83 bits per heavy atom. The summed E-state index contributed by atoms with van der Waals surface area (Å²) < 4.78 is 43.9. The van der Waals surface area contributed by atoms with Gasteiger partial charge in [-0.3, -0.25) is 15.6 Å². The van der Waals surface area contributed by atoms with Crippen molar-refractivity contribution in [3.05, 3.63) is 59.4 Å². The van der Waals surface area contributed by atoms with Crippen LogP contribution in [0.2, 0.25) is 0 Å². The van der Waals surface area contributed by atoms with Gasteiger partial charge in [0, 0.05) is 12.1 Å². The number of nitrogens with one attached hydrogen (secondary N) is 2. The van der Waals surface area contributed by atoms with E-state index >= 15 is 0 Å². The van der Waals surface area contributed by atoms with Gasteiger partial charge in [-0.15, -0.1) is 0 Å². The van der Waals surface area contributed by atoms with Gasteiger partial charge >= 0.3 is 0 Å². The number of aliphatic hydroxyl groups excluding tert-OH is 1. The third kappa shape index (κ3) is 3.92. The van der Waals surface area contributed by atoms with Gasteiger partial charge in [-0.05, 0) is 17.7 Å². The Hall–Kier alpha value is -2.74. The summed E-state index contributed by atoms with van der Waals surface area (Å²) in [4.78, 5) is 11.8. The number of hydrogen-bond donors (Lipinski definition) is 3.